The summed E-state index contributed by atoms with van der Waals surface area (Å²) in [6.45, 7) is 11.0. The number of carbonyl (C=O) groups excluding carboxylic acids is 1. The number of benzene rings is 2. The van der Waals surface area contributed by atoms with Gasteiger partial charge in [-0.3, -0.25) is 4.79 Å². The van der Waals surface area contributed by atoms with E-state index in [0.29, 0.717) is 11.1 Å². The van der Waals surface area contributed by atoms with Gasteiger partial charge in [0.2, 0.25) is 0 Å². The normalized spacial score (nSPS) is 12.2. The molecule has 0 spiro atoms. The van der Waals surface area contributed by atoms with Crippen molar-refractivity contribution in [2.24, 2.45) is 5.41 Å². The lowest BCUT2D eigenvalue weighted by Crippen LogP contribution is -2.25. The first kappa shape index (κ1) is 17.3. The van der Waals surface area contributed by atoms with Crippen molar-refractivity contribution in [1.82, 2.24) is 0 Å². The lowest BCUT2D eigenvalue weighted by Gasteiger charge is -2.33. The maximum Gasteiger partial charge on any atom is 0.196 e. The molecule has 0 amide bonds. The molecule has 0 aliphatic heterocycles. The summed E-state index contributed by atoms with van der Waals surface area (Å²) < 4.78 is 0. The van der Waals surface area contributed by atoms with Crippen molar-refractivity contribution in [3.8, 4) is 5.75 Å². The zero-order chi connectivity index (χ0) is 17.3. The minimum Gasteiger partial charge on any atom is -0.507 e. The van der Waals surface area contributed by atoms with Crippen LogP contribution in [0.25, 0.3) is 0 Å². The van der Waals surface area contributed by atoms with E-state index in [1.165, 1.54) is 0 Å². The topological polar surface area (TPSA) is 37.3 Å². The highest BCUT2D eigenvalue weighted by atomic mass is 16.3. The maximum absolute atomic E-state index is 12.7. The number of hydrogen-bond donors (Lipinski definition) is 1. The van der Waals surface area contributed by atoms with Crippen molar-refractivity contribution in [2.75, 3.05) is 0 Å². The summed E-state index contributed by atoms with van der Waals surface area (Å²) >= 11 is 0. The molecular formula is C21H26O2. The molecule has 122 valence electrons. The number of carbonyl (C=O) groups is 1. The van der Waals surface area contributed by atoms with E-state index >= 15 is 0 Å². The lowest BCUT2D eigenvalue weighted by molar-refractivity contribution is 0.103. The first-order valence-corrected chi connectivity index (χ1v) is 8.03. The van der Waals surface area contributed by atoms with Crippen molar-refractivity contribution in [3.63, 3.8) is 0 Å². The number of rotatable bonds is 4. The molecule has 2 rings (SSSR count). The summed E-state index contributed by atoms with van der Waals surface area (Å²) in [4.78, 5) is 12.7. The average Bonchev–Trinajstić information content (AvgIpc) is 2.45. The molecule has 23 heavy (non-hydrogen) atoms. The molecule has 0 fully saturated rings. The molecule has 0 heterocycles. The molecule has 0 aliphatic carbocycles. The summed E-state index contributed by atoms with van der Waals surface area (Å²) in [6.07, 6.45) is 0.990. The Labute approximate surface area is 139 Å². The minimum absolute atomic E-state index is 0.0363. The Bertz CT molecular complexity index is 692. The summed E-state index contributed by atoms with van der Waals surface area (Å²) in [6, 6.07) is 14.5. The van der Waals surface area contributed by atoms with Crippen molar-refractivity contribution in [2.45, 2.75) is 46.5 Å². The Hall–Kier alpha value is -2.09. The number of ketones is 1. The van der Waals surface area contributed by atoms with Gasteiger partial charge in [0.25, 0.3) is 0 Å². The number of phenolic OH excluding ortho intramolecular Hbond substituents is 1. The Morgan fingerprint density at radius 1 is 0.957 bits per heavy atom. The highest BCUT2D eigenvalue weighted by Gasteiger charge is 2.28. The summed E-state index contributed by atoms with van der Waals surface area (Å²) in [5, 5.41) is 10.1. The first-order chi connectivity index (χ1) is 10.6. The predicted octanol–water partition coefficient (Wildman–Crippen LogP) is 5.34. The highest BCUT2D eigenvalue weighted by molar-refractivity contribution is 6.10. The number of phenols is 1. The third-order valence-corrected chi connectivity index (χ3v) is 4.03. The number of aromatic hydroxyl groups is 1. The Morgan fingerprint density at radius 3 is 2.13 bits per heavy atom. The largest absolute Gasteiger partial charge is 0.507 e. The Balaban J connectivity index is 2.42. The molecule has 2 nitrogen and oxygen atoms in total. The molecule has 2 aromatic rings. The smallest absolute Gasteiger partial charge is 0.196 e. The van der Waals surface area contributed by atoms with Crippen molar-refractivity contribution in [1.29, 1.82) is 0 Å². The van der Waals surface area contributed by atoms with Gasteiger partial charge in [-0.1, -0.05) is 71.0 Å². The van der Waals surface area contributed by atoms with Gasteiger partial charge in [0, 0.05) is 5.56 Å². The predicted molar refractivity (Wildman–Crippen MR) is 95.1 cm³/mol. The number of hydrogen-bond acceptors (Lipinski definition) is 2. The van der Waals surface area contributed by atoms with Gasteiger partial charge in [-0.15, -0.1) is 0 Å². The van der Waals surface area contributed by atoms with Crippen LogP contribution >= 0.6 is 0 Å². The van der Waals surface area contributed by atoms with Crippen LogP contribution in [0.2, 0.25) is 0 Å². The summed E-state index contributed by atoms with van der Waals surface area (Å²) in [5.74, 6) is -0.106. The van der Waals surface area contributed by atoms with Crippen LogP contribution in [0.1, 0.15) is 62.5 Å². The van der Waals surface area contributed by atoms with Gasteiger partial charge in [0.05, 0.1) is 5.56 Å². The summed E-state index contributed by atoms with van der Waals surface area (Å²) in [7, 11) is 0. The van der Waals surface area contributed by atoms with Crippen molar-refractivity contribution in [3.05, 3.63) is 65.2 Å². The highest BCUT2D eigenvalue weighted by Crippen LogP contribution is 2.37. The van der Waals surface area contributed by atoms with Gasteiger partial charge in [-0.25, -0.2) is 0 Å². The van der Waals surface area contributed by atoms with Gasteiger partial charge >= 0.3 is 0 Å². The van der Waals surface area contributed by atoms with Crippen LogP contribution in [0.4, 0.5) is 0 Å². The maximum atomic E-state index is 12.7. The standard InChI is InChI=1S/C21H26O2/c1-20(2,3)14-21(4,5)16-11-12-18(22)17(13-16)19(23)15-9-7-6-8-10-15/h6-13,22H,14H2,1-5H3. The molecule has 1 N–H and O–H groups in total. The van der Waals surface area contributed by atoms with Crippen LogP contribution in [-0.4, -0.2) is 10.9 Å². The Morgan fingerprint density at radius 2 is 1.57 bits per heavy atom. The second kappa shape index (κ2) is 6.19. The molecule has 0 aromatic heterocycles. The second-order valence-corrected chi connectivity index (χ2v) is 8.05. The lowest BCUT2D eigenvalue weighted by atomic mass is 9.72. The van der Waals surface area contributed by atoms with Gasteiger partial charge in [0.15, 0.2) is 5.78 Å². The molecule has 0 bridgehead atoms. The van der Waals surface area contributed by atoms with E-state index in [-0.39, 0.29) is 22.4 Å². The average molecular weight is 310 g/mol. The molecule has 0 saturated heterocycles. The van der Waals surface area contributed by atoms with E-state index in [1.54, 1.807) is 18.2 Å². The van der Waals surface area contributed by atoms with E-state index in [4.69, 9.17) is 0 Å². The quantitative estimate of drug-likeness (QED) is 0.774. The SMILES string of the molecule is CC(C)(C)CC(C)(C)c1ccc(O)c(C(=O)c2ccccc2)c1. The zero-order valence-corrected chi connectivity index (χ0v) is 14.7. The van der Waals surface area contributed by atoms with Crippen LogP contribution in [0.5, 0.6) is 5.75 Å². The van der Waals surface area contributed by atoms with Crippen molar-refractivity contribution < 1.29 is 9.90 Å². The Kier molecular flexibility index (Phi) is 4.65. The third kappa shape index (κ3) is 4.22. The molecule has 0 unspecified atom stereocenters. The zero-order valence-electron chi connectivity index (χ0n) is 14.7. The third-order valence-electron chi connectivity index (χ3n) is 4.03. The molecule has 0 atom stereocenters. The molecular weight excluding hydrogens is 284 g/mol. The first-order valence-electron chi connectivity index (χ1n) is 8.03. The molecule has 0 radical (unpaired) electrons. The van der Waals surface area contributed by atoms with E-state index in [0.717, 1.165) is 12.0 Å². The van der Waals surface area contributed by atoms with Gasteiger partial charge in [0.1, 0.15) is 5.75 Å². The fourth-order valence-electron chi connectivity index (χ4n) is 3.31. The molecule has 2 heteroatoms. The van der Waals surface area contributed by atoms with Gasteiger partial charge in [-0.2, -0.15) is 0 Å². The van der Waals surface area contributed by atoms with Crippen LogP contribution in [-0.2, 0) is 5.41 Å². The fraction of sp³-hybridized carbons (Fsp3) is 0.381. The molecule has 0 aliphatic rings. The van der Waals surface area contributed by atoms with Crippen LogP contribution in [0, 0.1) is 5.41 Å². The van der Waals surface area contributed by atoms with Gasteiger partial charge in [-0.05, 0) is 34.9 Å². The van der Waals surface area contributed by atoms with E-state index in [1.807, 2.05) is 30.3 Å². The van der Waals surface area contributed by atoms with Gasteiger partial charge < -0.3 is 5.11 Å². The fourth-order valence-corrected chi connectivity index (χ4v) is 3.31. The van der Waals surface area contributed by atoms with E-state index in [2.05, 4.69) is 34.6 Å². The van der Waals surface area contributed by atoms with E-state index < -0.39 is 0 Å². The summed E-state index contributed by atoms with van der Waals surface area (Å²) in [5.41, 5.74) is 2.15. The molecule has 2 aromatic carbocycles. The van der Waals surface area contributed by atoms with E-state index in [9.17, 15) is 9.90 Å². The van der Waals surface area contributed by atoms with Crippen molar-refractivity contribution >= 4 is 5.78 Å². The molecule has 0 saturated carbocycles. The second-order valence-electron chi connectivity index (χ2n) is 8.05. The van der Waals surface area contributed by atoms with Crippen LogP contribution < -0.4 is 0 Å². The minimum atomic E-state index is -0.142. The van der Waals surface area contributed by atoms with Crippen LogP contribution in [0.3, 0.4) is 0 Å². The monoisotopic (exact) mass is 310 g/mol. The van der Waals surface area contributed by atoms with Crippen LogP contribution in [0.15, 0.2) is 48.5 Å².